The molecule has 6 nitrogen and oxygen atoms in total. The molecule has 0 unspecified atom stereocenters. The minimum Gasteiger partial charge on any atom is -0.355 e. The Kier molecular flexibility index (Phi) is 3.48. The van der Waals surface area contributed by atoms with Crippen LogP contribution in [0.15, 0.2) is 36.5 Å². The topological polar surface area (TPSA) is 62.1 Å². The van der Waals surface area contributed by atoms with Crippen molar-refractivity contribution in [3.63, 3.8) is 0 Å². The van der Waals surface area contributed by atoms with Crippen molar-refractivity contribution in [3.8, 4) is 11.3 Å². The van der Waals surface area contributed by atoms with E-state index in [1.165, 1.54) is 12.8 Å². The van der Waals surface area contributed by atoms with E-state index in [4.69, 9.17) is 5.10 Å². The van der Waals surface area contributed by atoms with Crippen molar-refractivity contribution in [2.24, 2.45) is 0 Å². The summed E-state index contributed by atoms with van der Waals surface area (Å²) in [5, 5.41) is 13.5. The third-order valence-corrected chi connectivity index (χ3v) is 6.02. The van der Waals surface area contributed by atoms with Gasteiger partial charge in [0.2, 0.25) is 0 Å². The van der Waals surface area contributed by atoms with Crippen LogP contribution in [-0.2, 0) is 0 Å². The lowest BCUT2D eigenvalue weighted by atomic mass is 10.1. The van der Waals surface area contributed by atoms with Crippen LogP contribution >= 0.6 is 0 Å². The fourth-order valence-corrected chi connectivity index (χ4v) is 4.15. The van der Waals surface area contributed by atoms with Crippen molar-refractivity contribution in [2.45, 2.75) is 37.5 Å². The Morgan fingerprint density at radius 1 is 1.07 bits per heavy atom. The fourth-order valence-electron chi connectivity index (χ4n) is 4.15. The third-order valence-electron chi connectivity index (χ3n) is 6.02. The maximum absolute atomic E-state index is 13.5. The average molecular weight is 394 g/mol. The van der Waals surface area contributed by atoms with Gasteiger partial charge in [-0.05, 0) is 37.1 Å². The minimum atomic E-state index is -2.57. The molecule has 0 atom stereocenters. The largest absolute Gasteiger partial charge is 0.355 e. The number of nitrogens with zero attached hydrogens (tertiary/aromatic N) is 5. The van der Waals surface area contributed by atoms with Crippen LogP contribution < -0.4 is 4.90 Å². The van der Waals surface area contributed by atoms with Crippen LogP contribution in [0.5, 0.6) is 0 Å². The van der Waals surface area contributed by atoms with Gasteiger partial charge >= 0.3 is 0 Å². The number of alkyl halides is 2. The molecule has 2 fully saturated rings. The highest BCUT2D eigenvalue weighted by Crippen LogP contribution is 2.42. The zero-order valence-corrected chi connectivity index (χ0v) is 15.8. The van der Waals surface area contributed by atoms with E-state index in [0.717, 1.165) is 33.5 Å². The van der Waals surface area contributed by atoms with Crippen LogP contribution in [0.1, 0.15) is 37.3 Å². The Balaban J connectivity index is 1.40. The molecule has 3 aromatic heterocycles. The zero-order valence-electron chi connectivity index (χ0n) is 15.8. The molecule has 1 aliphatic heterocycles. The Bertz CT molecular complexity index is 1210. The minimum absolute atomic E-state index is 0.134. The van der Waals surface area contributed by atoms with E-state index in [1.807, 2.05) is 35.4 Å². The number of rotatable bonds is 3. The molecule has 1 N–H and O–H groups in total. The summed E-state index contributed by atoms with van der Waals surface area (Å²) in [6, 6.07) is 9.98. The average Bonchev–Trinajstić information content (AvgIpc) is 3.33. The molecule has 29 heavy (non-hydrogen) atoms. The Hall–Kier alpha value is -3.03. The molecule has 1 aliphatic carbocycles. The van der Waals surface area contributed by atoms with E-state index in [2.05, 4.69) is 21.2 Å². The number of halogens is 2. The highest BCUT2D eigenvalue weighted by molar-refractivity contribution is 5.87. The summed E-state index contributed by atoms with van der Waals surface area (Å²) in [7, 11) is 0. The van der Waals surface area contributed by atoms with Gasteiger partial charge in [-0.2, -0.15) is 5.10 Å². The first-order chi connectivity index (χ1) is 14.1. The standard InChI is InChI=1S/C21H20F2N6/c22-21(23)7-9-28(10-8-21)19-6-5-18-24-12-17(29(18)27-19)14-3-4-16-15(11-14)20(26-25-16)13-1-2-13/h3-6,11-13H,1-2,7-10H2,(H,25,26). The number of aromatic nitrogens is 5. The van der Waals surface area contributed by atoms with Crippen LogP contribution in [0.25, 0.3) is 27.8 Å². The van der Waals surface area contributed by atoms with Crippen molar-refractivity contribution in [1.82, 2.24) is 24.8 Å². The molecule has 1 saturated heterocycles. The molecule has 148 valence electrons. The lowest BCUT2D eigenvalue weighted by molar-refractivity contribution is -0.0221. The zero-order chi connectivity index (χ0) is 19.6. The molecular formula is C21H20F2N6. The molecule has 8 heteroatoms. The quantitative estimate of drug-likeness (QED) is 0.560. The van der Waals surface area contributed by atoms with Crippen molar-refractivity contribution in [3.05, 3.63) is 42.2 Å². The SMILES string of the molecule is FC1(F)CCN(c2ccc3ncc(-c4ccc5[nH]nc(C6CC6)c5c4)n3n2)CC1. The van der Waals surface area contributed by atoms with E-state index >= 15 is 0 Å². The molecule has 4 aromatic rings. The van der Waals surface area contributed by atoms with Crippen molar-refractivity contribution in [2.75, 3.05) is 18.0 Å². The van der Waals surface area contributed by atoms with Crippen LogP contribution in [0, 0.1) is 0 Å². The molecule has 6 rings (SSSR count). The summed E-state index contributed by atoms with van der Waals surface area (Å²) in [6.07, 6.45) is 3.93. The van der Waals surface area contributed by atoms with Gasteiger partial charge in [-0.3, -0.25) is 5.10 Å². The number of H-pyrrole nitrogens is 1. The van der Waals surface area contributed by atoms with Crippen molar-refractivity contribution >= 4 is 22.4 Å². The number of hydrogen-bond donors (Lipinski definition) is 1. The number of imidazole rings is 1. The number of aromatic amines is 1. The van der Waals surface area contributed by atoms with E-state index < -0.39 is 5.92 Å². The molecular weight excluding hydrogens is 374 g/mol. The van der Waals surface area contributed by atoms with Gasteiger partial charge in [-0.1, -0.05) is 6.07 Å². The first-order valence-electron chi connectivity index (χ1n) is 10.0. The molecule has 1 saturated carbocycles. The lowest BCUT2D eigenvalue weighted by Crippen LogP contribution is -2.39. The second-order valence-corrected chi connectivity index (χ2v) is 8.09. The van der Waals surface area contributed by atoms with E-state index in [-0.39, 0.29) is 12.8 Å². The van der Waals surface area contributed by atoms with Gasteiger partial charge in [0.1, 0.15) is 5.82 Å². The van der Waals surface area contributed by atoms with E-state index in [1.54, 1.807) is 4.52 Å². The first kappa shape index (κ1) is 16.9. The predicted octanol–water partition coefficient (Wildman–Crippen LogP) is 4.39. The summed E-state index contributed by atoms with van der Waals surface area (Å²) in [5.74, 6) is -1.31. The molecule has 0 amide bonds. The summed E-state index contributed by atoms with van der Waals surface area (Å²) >= 11 is 0. The third kappa shape index (κ3) is 2.85. The molecule has 1 aromatic carbocycles. The molecule has 0 radical (unpaired) electrons. The highest BCUT2D eigenvalue weighted by Gasteiger charge is 2.34. The van der Waals surface area contributed by atoms with Gasteiger partial charge in [0.05, 0.1) is 23.1 Å². The van der Waals surface area contributed by atoms with Crippen LogP contribution in [0.4, 0.5) is 14.6 Å². The normalized spacial score (nSPS) is 19.3. The van der Waals surface area contributed by atoms with Crippen LogP contribution in [-0.4, -0.2) is 43.8 Å². The second-order valence-electron chi connectivity index (χ2n) is 8.09. The van der Waals surface area contributed by atoms with Crippen molar-refractivity contribution < 1.29 is 8.78 Å². The second kappa shape index (κ2) is 5.98. The van der Waals surface area contributed by atoms with Gasteiger partial charge < -0.3 is 4.90 Å². The summed E-state index contributed by atoms with van der Waals surface area (Å²) in [4.78, 5) is 6.40. The molecule has 0 spiro atoms. The number of hydrogen-bond acceptors (Lipinski definition) is 4. The predicted molar refractivity (Wildman–Crippen MR) is 106 cm³/mol. The Morgan fingerprint density at radius 3 is 2.69 bits per heavy atom. The van der Waals surface area contributed by atoms with E-state index in [9.17, 15) is 8.78 Å². The number of anilines is 1. The fraction of sp³-hybridized carbons (Fsp3) is 0.381. The Labute approximate surface area is 165 Å². The Morgan fingerprint density at radius 2 is 1.90 bits per heavy atom. The van der Waals surface area contributed by atoms with Gasteiger partial charge in [-0.15, -0.1) is 5.10 Å². The van der Waals surface area contributed by atoms with Gasteiger partial charge in [-0.25, -0.2) is 18.3 Å². The van der Waals surface area contributed by atoms with Gasteiger partial charge in [0.15, 0.2) is 5.65 Å². The first-order valence-corrected chi connectivity index (χ1v) is 10.0. The summed E-state index contributed by atoms with van der Waals surface area (Å²) < 4.78 is 28.8. The monoisotopic (exact) mass is 394 g/mol. The molecule has 2 aliphatic rings. The van der Waals surface area contributed by atoms with E-state index in [0.29, 0.717) is 24.8 Å². The molecule has 0 bridgehead atoms. The smallest absolute Gasteiger partial charge is 0.251 e. The number of piperidine rings is 1. The maximum atomic E-state index is 13.5. The van der Waals surface area contributed by atoms with Crippen LogP contribution in [0.2, 0.25) is 0 Å². The highest BCUT2D eigenvalue weighted by atomic mass is 19.3. The summed E-state index contributed by atoms with van der Waals surface area (Å²) in [5.41, 5.74) is 4.81. The van der Waals surface area contributed by atoms with Crippen molar-refractivity contribution in [1.29, 1.82) is 0 Å². The van der Waals surface area contributed by atoms with Gasteiger partial charge in [0, 0.05) is 42.8 Å². The molecule has 4 heterocycles. The number of fused-ring (bicyclic) bond motifs is 2. The number of nitrogens with one attached hydrogen (secondary N) is 1. The number of benzene rings is 1. The lowest BCUT2D eigenvalue weighted by Gasteiger charge is -2.32. The maximum Gasteiger partial charge on any atom is 0.251 e. The summed E-state index contributed by atoms with van der Waals surface area (Å²) in [6.45, 7) is 0.614. The van der Waals surface area contributed by atoms with Crippen LogP contribution in [0.3, 0.4) is 0 Å². The van der Waals surface area contributed by atoms with Gasteiger partial charge in [0.25, 0.3) is 5.92 Å².